The van der Waals surface area contributed by atoms with Crippen molar-refractivity contribution in [3.8, 4) is 11.5 Å². The lowest BCUT2D eigenvalue weighted by Crippen LogP contribution is -2.36. The summed E-state index contributed by atoms with van der Waals surface area (Å²) >= 11 is 0. The van der Waals surface area contributed by atoms with Gasteiger partial charge in [-0.3, -0.25) is 4.79 Å². The summed E-state index contributed by atoms with van der Waals surface area (Å²) < 4.78 is 33.4. The molecule has 1 amide bonds. The van der Waals surface area contributed by atoms with Gasteiger partial charge in [-0.2, -0.15) is 4.31 Å². The minimum absolute atomic E-state index is 0.0136. The summed E-state index contributed by atoms with van der Waals surface area (Å²) in [5.74, 6) is 0.662. The van der Waals surface area contributed by atoms with Gasteiger partial charge in [0, 0.05) is 18.7 Å². The van der Waals surface area contributed by atoms with E-state index in [0.29, 0.717) is 30.4 Å². The molecule has 1 N–H and O–H groups in total. The number of hydrogen-bond acceptors (Lipinski definition) is 5. The van der Waals surface area contributed by atoms with E-state index >= 15 is 0 Å². The number of carbonyl (C=O) groups excluding carboxylic acids is 1. The molecular formula is C23H25N3O4S. The van der Waals surface area contributed by atoms with Crippen LogP contribution in [0.25, 0.3) is 11.5 Å². The maximum absolute atomic E-state index is 13.1. The summed E-state index contributed by atoms with van der Waals surface area (Å²) in [5.41, 5.74) is 1.63. The van der Waals surface area contributed by atoms with Crippen LogP contribution in [-0.2, 0) is 21.2 Å². The summed E-state index contributed by atoms with van der Waals surface area (Å²) in [6.07, 6.45) is 2.72. The van der Waals surface area contributed by atoms with E-state index in [1.807, 2.05) is 30.3 Å². The van der Waals surface area contributed by atoms with Gasteiger partial charge in [-0.1, -0.05) is 36.8 Å². The average Bonchev–Trinajstić information content (AvgIpc) is 3.15. The first-order chi connectivity index (χ1) is 14.9. The van der Waals surface area contributed by atoms with E-state index in [4.69, 9.17) is 4.42 Å². The topological polar surface area (TPSA) is 92.5 Å². The zero-order chi connectivity index (χ0) is 21.8. The SMILES string of the molecule is Cc1oc(-c2ccccc2)nc1CC(=O)Nc1ccccc1S(=O)(=O)N1CCCCC1. The predicted molar refractivity (Wildman–Crippen MR) is 118 cm³/mol. The van der Waals surface area contributed by atoms with Crippen LogP contribution in [0.3, 0.4) is 0 Å². The van der Waals surface area contributed by atoms with Crippen molar-refractivity contribution < 1.29 is 17.6 Å². The largest absolute Gasteiger partial charge is 0.441 e. The second kappa shape index (κ2) is 9.03. The summed E-state index contributed by atoms with van der Waals surface area (Å²) in [5, 5.41) is 2.75. The molecule has 0 aliphatic carbocycles. The first kappa shape index (κ1) is 21.3. The Kier molecular flexibility index (Phi) is 6.20. The normalized spacial score (nSPS) is 15.0. The number of sulfonamides is 1. The highest BCUT2D eigenvalue weighted by Gasteiger charge is 2.28. The summed E-state index contributed by atoms with van der Waals surface area (Å²) in [7, 11) is -3.67. The van der Waals surface area contributed by atoms with Gasteiger partial charge >= 0.3 is 0 Å². The number of rotatable bonds is 6. The van der Waals surface area contributed by atoms with E-state index < -0.39 is 10.0 Å². The number of piperidine rings is 1. The molecule has 0 atom stereocenters. The fourth-order valence-corrected chi connectivity index (χ4v) is 5.35. The Bertz CT molecular complexity index is 1170. The van der Waals surface area contributed by atoms with Gasteiger partial charge in [0.05, 0.1) is 17.8 Å². The molecule has 1 aromatic heterocycles. The van der Waals surface area contributed by atoms with Crippen molar-refractivity contribution in [2.24, 2.45) is 0 Å². The molecule has 2 aromatic carbocycles. The minimum atomic E-state index is -3.67. The number of para-hydroxylation sites is 1. The second-order valence-corrected chi connectivity index (χ2v) is 9.48. The molecule has 1 aliphatic rings. The molecule has 0 bridgehead atoms. The van der Waals surface area contributed by atoms with Gasteiger partial charge < -0.3 is 9.73 Å². The highest BCUT2D eigenvalue weighted by atomic mass is 32.2. The maximum atomic E-state index is 13.1. The van der Waals surface area contributed by atoms with Gasteiger partial charge in [0.25, 0.3) is 0 Å². The molecule has 0 unspecified atom stereocenters. The third kappa shape index (κ3) is 4.70. The number of benzene rings is 2. The van der Waals surface area contributed by atoms with Crippen molar-refractivity contribution in [3.63, 3.8) is 0 Å². The van der Waals surface area contributed by atoms with Crippen molar-refractivity contribution >= 4 is 21.6 Å². The Morgan fingerprint density at radius 1 is 1.03 bits per heavy atom. The molecule has 8 heteroatoms. The number of anilines is 1. The standard InChI is InChI=1S/C23H25N3O4S/c1-17-20(25-23(30-17)18-10-4-2-5-11-18)16-22(27)24-19-12-6-7-13-21(19)31(28,29)26-14-8-3-9-15-26/h2,4-7,10-13H,3,8-9,14-16H2,1H3,(H,24,27). The lowest BCUT2D eigenvalue weighted by Gasteiger charge is -2.26. The van der Waals surface area contributed by atoms with E-state index in [9.17, 15) is 13.2 Å². The first-order valence-electron chi connectivity index (χ1n) is 10.4. The lowest BCUT2D eigenvalue weighted by molar-refractivity contribution is -0.115. The van der Waals surface area contributed by atoms with E-state index in [2.05, 4.69) is 10.3 Å². The van der Waals surface area contributed by atoms with Crippen molar-refractivity contribution in [2.75, 3.05) is 18.4 Å². The number of aryl methyl sites for hydroxylation is 1. The number of amides is 1. The molecule has 0 radical (unpaired) electrons. The van der Waals surface area contributed by atoms with Gasteiger partial charge in [0.2, 0.25) is 21.8 Å². The smallest absolute Gasteiger partial charge is 0.245 e. The molecule has 2 heterocycles. The summed E-state index contributed by atoms with van der Waals surface area (Å²) in [6.45, 7) is 2.77. The van der Waals surface area contributed by atoms with Gasteiger partial charge in [0.15, 0.2) is 0 Å². The van der Waals surface area contributed by atoms with Gasteiger partial charge in [-0.05, 0) is 44.0 Å². The summed E-state index contributed by atoms with van der Waals surface area (Å²) in [6, 6.07) is 16.0. The molecule has 162 valence electrons. The highest BCUT2D eigenvalue weighted by Crippen LogP contribution is 2.27. The van der Waals surface area contributed by atoms with Crippen molar-refractivity contribution in [3.05, 3.63) is 66.1 Å². The minimum Gasteiger partial charge on any atom is -0.441 e. The molecule has 1 saturated heterocycles. The lowest BCUT2D eigenvalue weighted by atomic mass is 10.2. The molecule has 31 heavy (non-hydrogen) atoms. The van der Waals surface area contributed by atoms with E-state index in [-0.39, 0.29) is 22.9 Å². The van der Waals surface area contributed by atoms with Crippen LogP contribution in [0.5, 0.6) is 0 Å². The highest BCUT2D eigenvalue weighted by molar-refractivity contribution is 7.89. The number of hydrogen-bond donors (Lipinski definition) is 1. The Hall–Kier alpha value is -2.97. The van der Waals surface area contributed by atoms with E-state index in [1.54, 1.807) is 25.1 Å². The van der Waals surface area contributed by atoms with Crippen LogP contribution in [0.2, 0.25) is 0 Å². The quantitative estimate of drug-likeness (QED) is 0.627. The third-order valence-electron chi connectivity index (χ3n) is 5.34. The van der Waals surface area contributed by atoms with Crippen molar-refractivity contribution in [2.45, 2.75) is 37.5 Å². The number of oxazole rings is 1. The molecule has 0 spiro atoms. The van der Waals surface area contributed by atoms with Crippen LogP contribution < -0.4 is 5.32 Å². The van der Waals surface area contributed by atoms with Gasteiger partial charge in [-0.15, -0.1) is 0 Å². The number of nitrogens with one attached hydrogen (secondary N) is 1. The van der Waals surface area contributed by atoms with Crippen LogP contribution in [0.4, 0.5) is 5.69 Å². The van der Waals surface area contributed by atoms with Crippen molar-refractivity contribution in [1.29, 1.82) is 0 Å². The average molecular weight is 440 g/mol. The Labute approximate surface area is 182 Å². The monoisotopic (exact) mass is 439 g/mol. The van der Waals surface area contributed by atoms with E-state index in [1.165, 1.54) is 10.4 Å². The molecule has 0 saturated carbocycles. The molecule has 1 aliphatic heterocycles. The molecule has 1 fully saturated rings. The van der Waals surface area contributed by atoms with E-state index in [0.717, 1.165) is 24.8 Å². The van der Waals surface area contributed by atoms with Gasteiger partial charge in [0.1, 0.15) is 10.7 Å². The zero-order valence-electron chi connectivity index (χ0n) is 17.4. The fraction of sp³-hybridized carbons (Fsp3) is 0.304. The fourth-order valence-electron chi connectivity index (χ4n) is 3.68. The number of nitrogens with zero attached hydrogens (tertiary/aromatic N) is 2. The molecule has 3 aromatic rings. The van der Waals surface area contributed by atoms with Gasteiger partial charge in [-0.25, -0.2) is 13.4 Å². The van der Waals surface area contributed by atoms with Crippen LogP contribution in [-0.4, -0.2) is 36.7 Å². The van der Waals surface area contributed by atoms with Crippen molar-refractivity contribution in [1.82, 2.24) is 9.29 Å². The predicted octanol–water partition coefficient (Wildman–Crippen LogP) is 4.01. The number of carbonyl (C=O) groups is 1. The Balaban J connectivity index is 1.52. The van der Waals surface area contributed by atoms with Crippen LogP contribution in [0.1, 0.15) is 30.7 Å². The Morgan fingerprint density at radius 2 is 1.71 bits per heavy atom. The van der Waals surface area contributed by atoms with Crippen LogP contribution in [0.15, 0.2) is 63.9 Å². The third-order valence-corrected chi connectivity index (χ3v) is 7.29. The Morgan fingerprint density at radius 3 is 2.45 bits per heavy atom. The molecular weight excluding hydrogens is 414 g/mol. The first-order valence-corrected chi connectivity index (χ1v) is 11.8. The molecule has 7 nitrogen and oxygen atoms in total. The summed E-state index contributed by atoms with van der Waals surface area (Å²) in [4.78, 5) is 17.3. The van der Waals surface area contributed by atoms with Crippen LogP contribution >= 0.6 is 0 Å². The zero-order valence-corrected chi connectivity index (χ0v) is 18.2. The maximum Gasteiger partial charge on any atom is 0.245 e. The second-order valence-electron chi connectivity index (χ2n) is 7.57. The molecule has 4 rings (SSSR count). The number of aromatic nitrogens is 1. The van der Waals surface area contributed by atoms with Crippen LogP contribution in [0, 0.1) is 6.92 Å².